The Morgan fingerprint density at radius 3 is 2.70 bits per heavy atom. The summed E-state index contributed by atoms with van der Waals surface area (Å²) in [4.78, 5) is 12.2. The maximum atomic E-state index is 12.2. The van der Waals surface area contributed by atoms with E-state index in [0.717, 1.165) is 11.1 Å². The van der Waals surface area contributed by atoms with Gasteiger partial charge in [0.1, 0.15) is 5.75 Å². The van der Waals surface area contributed by atoms with Crippen LogP contribution in [0.15, 0.2) is 42.5 Å². The first-order valence-electron chi connectivity index (χ1n) is 6.43. The molecule has 0 aliphatic rings. The lowest BCUT2D eigenvalue weighted by Gasteiger charge is -2.15. The molecule has 0 spiro atoms. The smallest absolute Gasteiger partial charge is 0.255 e. The topological polar surface area (TPSA) is 75.3 Å². The van der Waals surface area contributed by atoms with Gasteiger partial charge in [-0.25, -0.2) is 0 Å². The number of nitrogens with one attached hydrogen (secondary N) is 1. The van der Waals surface area contributed by atoms with E-state index in [1.54, 1.807) is 18.2 Å². The highest BCUT2D eigenvalue weighted by molar-refractivity contribution is 5.97. The van der Waals surface area contributed by atoms with Crippen LogP contribution >= 0.6 is 0 Å². The van der Waals surface area contributed by atoms with Gasteiger partial charge < -0.3 is 16.2 Å². The first-order chi connectivity index (χ1) is 9.47. The Labute approximate surface area is 118 Å². The molecule has 4 nitrogen and oxygen atoms in total. The molecule has 0 fully saturated rings. The van der Waals surface area contributed by atoms with Crippen molar-refractivity contribution in [3.8, 4) is 5.75 Å². The van der Waals surface area contributed by atoms with Gasteiger partial charge in [0, 0.05) is 5.69 Å². The number of phenols is 1. The van der Waals surface area contributed by atoms with Crippen molar-refractivity contribution in [3.05, 3.63) is 59.2 Å². The van der Waals surface area contributed by atoms with Crippen molar-refractivity contribution in [1.29, 1.82) is 0 Å². The van der Waals surface area contributed by atoms with Gasteiger partial charge in [0.2, 0.25) is 0 Å². The van der Waals surface area contributed by atoms with Crippen LogP contribution in [0.3, 0.4) is 0 Å². The second-order valence-corrected chi connectivity index (χ2v) is 4.89. The van der Waals surface area contributed by atoms with Crippen LogP contribution in [-0.4, -0.2) is 11.0 Å². The van der Waals surface area contributed by atoms with Gasteiger partial charge in [-0.05, 0) is 43.7 Å². The third-order valence-corrected chi connectivity index (χ3v) is 3.15. The molecule has 0 saturated carbocycles. The SMILES string of the molecule is Cc1ccc(O)c(C(=O)NC(C)c2cccc(N)c2)c1. The molecule has 0 radical (unpaired) electrons. The highest BCUT2D eigenvalue weighted by Crippen LogP contribution is 2.20. The fraction of sp³-hybridized carbons (Fsp3) is 0.188. The molecule has 4 N–H and O–H groups in total. The van der Waals surface area contributed by atoms with E-state index >= 15 is 0 Å². The summed E-state index contributed by atoms with van der Waals surface area (Å²) in [7, 11) is 0. The fourth-order valence-electron chi connectivity index (χ4n) is 2.02. The van der Waals surface area contributed by atoms with E-state index in [2.05, 4.69) is 5.32 Å². The second-order valence-electron chi connectivity index (χ2n) is 4.89. The van der Waals surface area contributed by atoms with Crippen molar-refractivity contribution in [3.63, 3.8) is 0 Å². The minimum absolute atomic E-state index is 0.0205. The monoisotopic (exact) mass is 270 g/mol. The Morgan fingerprint density at radius 1 is 1.25 bits per heavy atom. The van der Waals surface area contributed by atoms with E-state index in [-0.39, 0.29) is 23.3 Å². The molecule has 2 aromatic rings. The van der Waals surface area contributed by atoms with Crippen molar-refractivity contribution >= 4 is 11.6 Å². The summed E-state index contributed by atoms with van der Waals surface area (Å²) in [6.07, 6.45) is 0. The Morgan fingerprint density at radius 2 is 2.00 bits per heavy atom. The van der Waals surface area contributed by atoms with Crippen LogP contribution < -0.4 is 11.1 Å². The van der Waals surface area contributed by atoms with E-state index < -0.39 is 0 Å². The number of nitrogens with two attached hydrogens (primary N) is 1. The molecular weight excluding hydrogens is 252 g/mol. The Hall–Kier alpha value is -2.49. The first-order valence-corrected chi connectivity index (χ1v) is 6.43. The molecule has 1 atom stereocenters. The third kappa shape index (κ3) is 3.09. The minimum Gasteiger partial charge on any atom is -0.507 e. The van der Waals surface area contributed by atoms with Crippen LogP contribution in [0.1, 0.15) is 34.5 Å². The average molecular weight is 270 g/mol. The normalized spacial score (nSPS) is 11.9. The van der Waals surface area contributed by atoms with Crippen LogP contribution in [0.5, 0.6) is 5.75 Å². The summed E-state index contributed by atoms with van der Waals surface area (Å²) in [5.74, 6) is -0.325. The van der Waals surface area contributed by atoms with Crippen LogP contribution in [0.2, 0.25) is 0 Å². The van der Waals surface area contributed by atoms with Gasteiger partial charge in [0.05, 0.1) is 11.6 Å². The lowest BCUT2D eigenvalue weighted by atomic mass is 10.1. The largest absolute Gasteiger partial charge is 0.507 e. The van der Waals surface area contributed by atoms with Gasteiger partial charge in [0.15, 0.2) is 0 Å². The van der Waals surface area contributed by atoms with Crippen molar-refractivity contribution in [1.82, 2.24) is 5.32 Å². The number of carbonyl (C=O) groups excluding carboxylic acids is 1. The summed E-state index contributed by atoms with van der Waals surface area (Å²) in [6.45, 7) is 3.75. The quantitative estimate of drug-likeness (QED) is 0.751. The molecule has 0 heterocycles. The van der Waals surface area contributed by atoms with Gasteiger partial charge in [-0.2, -0.15) is 0 Å². The lowest BCUT2D eigenvalue weighted by Crippen LogP contribution is -2.26. The van der Waals surface area contributed by atoms with E-state index in [4.69, 9.17) is 5.73 Å². The zero-order valence-corrected chi connectivity index (χ0v) is 11.6. The summed E-state index contributed by atoms with van der Waals surface area (Å²) >= 11 is 0. The molecule has 0 aliphatic heterocycles. The number of rotatable bonds is 3. The number of phenolic OH excluding ortho intramolecular Hbond substituents is 1. The van der Waals surface area contributed by atoms with Gasteiger partial charge in [-0.15, -0.1) is 0 Å². The van der Waals surface area contributed by atoms with Gasteiger partial charge in [-0.3, -0.25) is 4.79 Å². The highest BCUT2D eigenvalue weighted by Gasteiger charge is 2.15. The van der Waals surface area contributed by atoms with Crippen molar-refractivity contribution in [2.45, 2.75) is 19.9 Å². The molecule has 0 aromatic heterocycles. The lowest BCUT2D eigenvalue weighted by molar-refractivity contribution is 0.0937. The predicted octanol–water partition coefficient (Wildman–Crippen LogP) is 2.77. The van der Waals surface area contributed by atoms with E-state index in [9.17, 15) is 9.90 Å². The molecule has 2 aromatic carbocycles. The molecule has 1 amide bonds. The number of nitrogen functional groups attached to an aromatic ring is 1. The zero-order valence-electron chi connectivity index (χ0n) is 11.6. The van der Waals surface area contributed by atoms with Crippen molar-refractivity contribution < 1.29 is 9.90 Å². The Balaban J connectivity index is 2.17. The average Bonchev–Trinajstić information content (AvgIpc) is 2.41. The molecule has 104 valence electrons. The summed E-state index contributed by atoms with van der Waals surface area (Å²) in [5.41, 5.74) is 8.51. The zero-order chi connectivity index (χ0) is 14.7. The summed E-state index contributed by atoms with van der Waals surface area (Å²) in [6, 6.07) is 12.1. The molecule has 2 rings (SSSR count). The predicted molar refractivity (Wildman–Crippen MR) is 79.6 cm³/mol. The third-order valence-electron chi connectivity index (χ3n) is 3.15. The summed E-state index contributed by atoms with van der Waals surface area (Å²) in [5, 5.41) is 12.6. The molecular formula is C16H18N2O2. The first kappa shape index (κ1) is 13.9. The molecule has 0 saturated heterocycles. The van der Waals surface area contributed by atoms with Gasteiger partial charge in [0.25, 0.3) is 5.91 Å². The number of hydrogen-bond acceptors (Lipinski definition) is 3. The Kier molecular flexibility index (Phi) is 3.94. The number of carbonyl (C=O) groups is 1. The van der Waals surface area contributed by atoms with E-state index in [0.29, 0.717) is 5.69 Å². The number of amides is 1. The summed E-state index contributed by atoms with van der Waals surface area (Å²) < 4.78 is 0. The number of hydrogen-bond donors (Lipinski definition) is 3. The number of aromatic hydroxyl groups is 1. The fourth-order valence-corrected chi connectivity index (χ4v) is 2.02. The van der Waals surface area contributed by atoms with Crippen LogP contribution in [0.4, 0.5) is 5.69 Å². The molecule has 0 aliphatic carbocycles. The van der Waals surface area contributed by atoms with E-state index in [1.165, 1.54) is 6.07 Å². The maximum Gasteiger partial charge on any atom is 0.255 e. The molecule has 1 unspecified atom stereocenters. The van der Waals surface area contributed by atoms with E-state index in [1.807, 2.05) is 32.0 Å². The molecule has 4 heteroatoms. The van der Waals surface area contributed by atoms with Crippen molar-refractivity contribution in [2.24, 2.45) is 0 Å². The number of benzene rings is 2. The number of anilines is 1. The molecule has 0 bridgehead atoms. The number of aryl methyl sites for hydroxylation is 1. The van der Waals surface area contributed by atoms with Crippen molar-refractivity contribution in [2.75, 3.05) is 5.73 Å². The van der Waals surface area contributed by atoms with Gasteiger partial charge >= 0.3 is 0 Å². The standard InChI is InChI=1S/C16H18N2O2/c1-10-6-7-15(19)14(8-10)16(20)18-11(2)12-4-3-5-13(17)9-12/h3-9,11,19H,17H2,1-2H3,(H,18,20). The highest BCUT2D eigenvalue weighted by atomic mass is 16.3. The minimum atomic E-state index is -0.305. The Bertz CT molecular complexity index is 638. The van der Waals surface area contributed by atoms with Crippen LogP contribution in [-0.2, 0) is 0 Å². The second kappa shape index (κ2) is 5.65. The van der Waals surface area contributed by atoms with Gasteiger partial charge in [-0.1, -0.05) is 23.8 Å². The molecule has 20 heavy (non-hydrogen) atoms. The van der Waals surface area contributed by atoms with Crippen LogP contribution in [0.25, 0.3) is 0 Å². The maximum absolute atomic E-state index is 12.2. The van der Waals surface area contributed by atoms with Crippen LogP contribution in [0, 0.1) is 6.92 Å².